The van der Waals surface area contributed by atoms with E-state index in [-0.39, 0.29) is 5.60 Å². The van der Waals surface area contributed by atoms with Crippen molar-refractivity contribution in [3.05, 3.63) is 11.9 Å². The molecule has 112 valence electrons. The van der Waals surface area contributed by atoms with Gasteiger partial charge in [0.2, 0.25) is 0 Å². The van der Waals surface area contributed by atoms with Crippen molar-refractivity contribution in [3.63, 3.8) is 0 Å². The summed E-state index contributed by atoms with van der Waals surface area (Å²) >= 11 is 0. The molecule has 1 saturated heterocycles. The first-order valence-corrected chi connectivity index (χ1v) is 7.95. The normalized spacial score (nSPS) is 25.6. The fourth-order valence-electron chi connectivity index (χ4n) is 3.48. The average molecular weight is 278 g/mol. The smallest absolute Gasteiger partial charge is 0.0965 e. The highest BCUT2D eigenvalue weighted by atomic mass is 16.5. The summed E-state index contributed by atoms with van der Waals surface area (Å²) in [5.41, 5.74) is 1.18. The summed E-state index contributed by atoms with van der Waals surface area (Å²) < 4.78 is 8.16. The van der Waals surface area contributed by atoms with Gasteiger partial charge in [-0.15, -0.1) is 5.10 Å². The number of hydrogen-bond acceptors (Lipinski definition) is 4. The number of nitrogens with one attached hydrogen (secondary N) is 1. The molecule has 0 aromatic carbocycles. The third-order valence-electron chi connectivity index (χ3n) is 4.61. The number of hydrogen-bond donors (Lipinski definition) is 1. The van der Waals surface area contributed by atoms with Crippen LogP contribution in [0.2, 0.25) is 0 Å². The molecule has 1 aliphatic heterocycles. The Bertz CT molecular complexity index is 437. The zero-order valence-electron chi connectivity index (χ0n) is 12.6. The molecular formula is C15H26N4O. The zero-order valence-corrected chi connectivity index (χ0v) is 12.6. The van der Waals surface area contributed by atoms with Gasteiger partial charge in [-0.25, -0.2) is 4.68 Å². The monoisotopic (exact) mass is 278 g/mol. The standard InChI is InChI=1S/C15H26N4O/c1-12(2)16-10-13-11-19(18-17-13)14-5-8-20-15(9-14)6-3-4-7-15/h11-12,14,16H,3-10H2,1-2H3. The molecule has 0 amide bonds. The lowest BCUT2D eigenvalue weighted by molar-refractivity contribution is -0.0911. The van der Waals surface area contributed by atoms with Crippen molar-refractivity contribution in [2.45, 2.75) is 76.6 Å². The largest absolute Gasteiger partial charge is 0.375 e. The van der Waals surface area contributed by atoms with E-state index in [9.17, 15) is 0 Å². The molecule has 3 rings (SSSR count). The Kier molecular flexibility index (Phi) is 4.08. The summed E-state index contributed by atoms with van der Waals surface area (Å²) in [6, 6.07) is 0.937. The maximum atomic E-state index is 6.09. The highest BCUT2D eigenvalue weighted by molar-refractivity contribution is 4.97. The Labute approximate surface area is 121 Å². The van der Waals surface area contributed by atoms with Crippen molar-refractivity contribution in [2.75, 3.05) is 6.61 Å². The van der Waals surface area contributed by atoms with E-state index in [2.05, 4.69) is 40.4 Å². The number of aromatic nitrogens is 3. The van der Waals surface area contributed by atoms with Gasteiger partial charge in [0.15, 0.2) is 0 Å². The summed E-state index contributed by atoms with van der Waals surface area (Å²) in [6.45, 7) is 5.95. The van der Waals surface area contributed by atoms with Crippen LogP contribution in [0.4, 0.5) is 0 Å². The molecule has 20 heavy (non-hydrogen) atoms. The molecule has 1 N–H and O–H groups in total. The average Bonchev–Trinajstić information content (AvgIpc) is 3.06. The molecule has 2 heterocycles. The van der Waals surface area contributed by atoms with Crippen LogP contribution in [0.5, 0.6) is 0 Å². The van der Waals surface area contributed by atoms with Crippen LogP contribution in [0.15, 0.2) is 6.20 Å². The topological polar surface area (TPSA) is 52.0 Å². The van der Waals surface area contributed by atoms with E-state index in [1.807, 2.05) is 0 Å². The molecule has 5 nitrogen and oxygen atoms in total. The molecule has 0 bridgehead atoms. The lowest BCUT2D eigenvalue weighted by atomic mass is 9.89. The van der Waals surface area contributed by atoms with Crippen molar-refractivity contribution in [3.8, 4) is 0 Å². The second kappa shape index (κ2) is 5.82. The Morgan fingerprint density at radius 2 is 2.25 bits per heavy atom. The molecule has 1 aliphatic carbocycles. The summed E-state index contributed by atoms with van der Waals surface area (Å²) in [5.74, 6) is 0. The molecule has 5 heteroatoms. The first-order valence-electron chi connectivity index (χ1n) is 7.95. The van der Waals surface area contributed by atoms with Crippen LogP contribution < -0.4 is 5.32 Å². The van der Waals surface area contributed by atoms with Crippen LogP contribution in [0, 0.1) is 0 Å². The first kappa shape index (κ1) is 14.0. The van der Waals surface area contributed by atoms with Gasteiger partial charge in [0, 0.05) is 19.2 Å². The van der Waals surface area contributed by atoms with Gasteiger partial charge < -0.3 is 10.1 Å². The molecular weight excluding hydrogens is 252 g/mol. The Morgan fingerprint density at radius 1 is 1.45 bits per heavy atom. The Morgan fingerprint density at radius 3 is 3.00 bits per heavy atom. The summed E-state index contributed by atoms with van der Waals surface area (Å²) in [6.07, 6.45) is 9.34. The third-order valence-corrected chi connectivity index (χ3v) is 4.61. The Hall–Kier alpha value is -0.940. The highest BCUT2D eigenvalue weighted by Crippen LogP contribution is 2.43. The first-order chi connectivity index (χ1) is 9.67. The van der Waals surface area contributed by atoms with Crippen LogP contribution in [-0.4, -0.2) is 33.2 Å². The van der Waals surface area contributed by atoms with Gasteiger partial charge in [-0.2, -0.15) is 0 Å². The molecule has 1 unspecified atom stereocenters. The fourth-order valence-corrected chi connectivity index (χ4v) is 3.48. The van der Waals surface area contributed by atoms with Gasteiger partial charge in [0.1, 0.15) is 0 Å². The minimum Gasteiger partial charge on any atom is -0.375 e. The van der Waals surface area contributed by atoms with E-state index in [1.54, 1.807) is 0 Å². The van der Waals surface area contributed by atoms with Crippen LogP contribution in [0.1, 0.15) is 64.1 Å². The highest BCUT2D eigenvalue weighted by Gasteiger charge is 2.40. The molecule has 2 aliphatic rings. The summed E-state index contributed by atoms with van der Waals surface area (Å²) in [7, 11) is 0. The van der Waals surface area contributed by atoms with E-state index in [1.165, 1.54) is 25.7 Å². The van der Waals surface area contributed by atoms with Crippen molar-refractivity contribution in [1.82, 2.24) is 20.3 Å². The molecule has 1 aromatic heterocycles. The van der Waals surface area contributed by atoms with Gasteiger partial charge in [-0.3, -0.25) is 0 Å². The molecule has 1 spiro atoms. The predicted octanol–water partition coefficient (Wildman–Crippen LogP) is 2.44. The molecule has 1 aromatic rings. The molecule has 1 atom stereocenters. The van der Waals surface area contributed by atoms with Gasteiger partial charge in [0.05, 0.1) is 23.5 Å². The van der Waals surface area contributed by atoms with E-state index in [0.717, 1.165) is 31.7 Å². The number of ether oxygens (including phenoxy) is 1. The van der Waals surface area contributed by atoms with Crippen molar-refractivity contribution in [1.29, 1.82) is 0 Å². The Balaban J connectivity index is 1.63. The van der Waals surface area contributed by atoms with Crippen molar-refractivity contribution < 1.29 is 4.74 Å². The molecule has 1 saturated carbocycles. The summed E-state index contributed by atoms with van der Waals surface area (Å²) in [5, 5.41) is 12.0. The minimum absolute atomic E-state index is 0.144. The molecule has 2 fully saturated rings. The second-order valence-corrected chi connectivity index (χ2v) is 6.61. The van der Waals surface area contributed by atoms with Gasteiger partial charge in [0.25, 0.3) is 0 Å². The lowest BCUT2D eigenvalue weighted by Gasteiger charge is -2.38. The predicted molar refractivity (Wildman–Crippen MR) is 77.4 cm³/mol. The number of nitrogens with zero attached hydrogens (tertiary/aromatic N) is 3. The van der Waals surface area contributed by atoms with Crippen molar-refractivity contribution in [2.24, 2.45) is 0 Å². The molecule has 0 radical (unpaired) electrons. The lowest BCUT2D eigenvalue weighted by Crippen LogP contribution is -2.38. The number of rotatable bonds is 4. The zero-order chi connectivity index (χ0) is 14.0. The fraction of sp³-hybridized carbons (Fsp3) is 0.867. The van der Waals surface area contributed by atoms with Gasteiger partial charge >= 0.3 is 0 Å². The summed E-state index contributed by atoms with van der Waals surface area (Å²) in [4.78, 5) is 0. The van der Waals surface area contributed by atoms with Gasteiger partial charge in [-0.05, 0) is 25.7 Å². The van der Waals surface area contributed by atoms with E-state index in [0.29, 0.717) is 12.1 Å². The van der Waals surface area contributed by atoms with E-state index >= 15 is 0 Å². The second-order valence-electron chi connectivity index (χ2n) is 6.61. The maximum Gasteiger partial charge on any atom is 0.0965 e. The third kappa shape index (κ3) is 3.04. The van der Waals surface area contributed by atoms with Crippen LogP contribution in [0.25, 0.3) is 0 Å². The van der Waals surface area contributed by atoms with Crippen molar-refractivity contribution >= 4 is 0 Å². The maximum absolute atomic E-state index is 6.09. The van der Waals surface area contributed by atoms with Crippen LogP contribution >= 0.6 is 0 Å². The SMILES string of the molecule is CC(C)NCc1cn(C2CCOC3(CCCC3)C2)nn1. The van der Waals surface area contributed by atoms with Crippen LogP contribution in [0.3, 0.4) is 0 Å². The quantitative estimate of drug-likeness (QED) is 0.919. The van der Waals surface area contributed by atoms with Crippen LogP contribution in [-0.2, 0) is 11.3 Å². The van der Waals surface area contributed by atoms with E-state index < -0.39 is 0 Å². The van der Waals surface area contributed by atoms with E-state index in [4.69, 9.17) is 4.74 Å². The van der Waals surface area contributed by atoms with Gasteiger partial charge in [-0.1, -0.05) is 31.9 Å². The minimum atomic E-state index is 0.144.